The van der Waals surface area contributed by atoms with Crippen LogP contribution in [-0.2, 0) is 4.74 Å². The van der Waals surface area contributed by atoms with Gasteiger partial charge in [0, 0.05) is 13.2 Å². The van der Waals surface area contributed by atoms with E-state index in [2.05, 4.69) is 6.07 Å². The largest absolute Gasteiger partial charge is 0.380 e. The summed E-state index contributed by atoms with van der Waals surface area (Å²) in [6.07, 6.45) is 1.81. The Morgan fingerprint density at radius 3 is 2.58 bits per heavy atom. The maximum absolute atomic E-state index is 8.69. The van der Waals surface area contributed by atoms with E-state index < -0.39 is 0 Å². The molecule has 0 aromatic rings. The molecule has 0 saturated heterocycles. The SMILES string of the molecule is CC(C)(C#N)CCCOCCN. The van der Waals surface area contributed by atoms with E-state index in [4.69, 9.17) is 15.7 Å². The molecule has 0 heterocycles. The minimum atomic E-state index is -0.216. The number of ether oxygens (including phenoxy) is 1. The first kappa shape index (κ1) is 11.4. The fourth-order valence-corrected chi connectivity index (χ4v) is 0.857. The Hall–Kier alpha value is -0.590. The molecule has 0 bridgehead atoms. The summed E-state index contributed by atoms with van der Waals surface area (Å²) in [5.74, 6) is 0. The predicted molar refractivity (Wildman–Crippen MR) is 48.5 cm³/mol. The van der Waals surface area contributed by atoms with E-state index >= 15 is 0 Å². The first-order chi connectivity index (χ1) is 5.62. The summed E-state index contributed by atoms with van der Waals surface area (Å²) >= 11 is 0. The molecule has 0 atom stereocenters. The van der Waals surface area contributed by atoms with Gasteiger partial charge in [-0.15, -0.1) is 0 Å². The van der Waals surface area contributed by atoms with E-state index in [-0.39, 0.29) is 5.41 Å². The van der Waals surface area contributed by atoms with Gasteiger partial charge in [0.15, 0.2) is 0 Å². The van der Waals surface area contributed by atoms with Crippen LogP contribution in [0.25, 0.3) is 0 Å². The van der Waals surface area contributed by atoms with E-state index in [1.807, 2.05) is 13.8 Å². The second kappa shape index (κ2) is 5.99. The van der Waals surface area contributed by atoms with Crippen molar-refractivity contribution in [2.45, 2.75) is 26.7 Å². The molecular weight excluding hydrogens is 152 g/mol. The van der Waals surface area contributed by atoms with Crippen molar-refractivity contribution in [2.24, 2.45) is 11.1 Å². The van der Waals surface area contributed by atoms with Crippen LogP contribution in [0.5, 0.6) is 0 Å². The number of hydrogen-bond acceptors (Lipinski definition) is 3. The standard InChI is InChI=1S/C9H18N2O/c1-9(2,8-11)4-3-6-12-7-5-10/h3-7,10H2,1-2H3. The maximum atomic E-state index is 8.69. The molecule has 0 fully saturated rings. The maximum Gasteiger partial charge on any atom is 0.0683 e. The van der Waals surface area contributed by atoms with Crippen LogP contribution < -0.4 is 5.73 Å². The van der Waals surface area contributed by atoms with Gasteiger partial charge in [-0.05, 0) is 26.7 Å². The van der Waals surface area contributed by atoms with Crippen molar-refractivity contribution in [3.63, 3.8) is 0 Å². The lowest BCUT2D eigenvalue weighted by atomic mass is 9.90. The van der Waals surface area contributed by atoms with Gasteiger partial charge >= 0.3 is 0 Å². The topological polar surface area (TPSA) is 59.0 Å². The van der Waals surface area contributed by atoms with Crippen LogP contribution in [0.3, 0.4) is 0 Å². The number of nitrogens with zero attached hydrogens (tertiary/aromatic N) is 1. The molecule has 3 heteroatoms. The lowest BCUT2D eigenvalue weighted by Gasteiger charge is -2.13. The van der Waals surface area contributed by atoms with Crippen molar-refractivity contribution in [1.82, 2.24) is 0 Å². The molecule has 0 aliphatic carbocycles. The summed E-state index contributed by atoms with van der Waals surface area (Å²) < 4.78 is 5.19. The Morgan fingerprint density at radius 1 is 1.42 bits per heavy atom. The molecule has 12 heavy (non-hydrogen) atoms. The molecule has 0 aliphatic heterocycles. The molecular formula is C9H18N2O. The Labute approximate surface area is 74.5 Å². The van der Waals surface area contributed by atoms with Crippen LogP contribution in [-0.4, -0.2) is 19.8 Å². The first-order valence-corrected chi connectivity index (χ1v) is 4.31. The minimum absolute atomic E-state index is 0.216. The van der Waals surface area contributed by atoms with Crippen LogP contribution in [0.15, 0.2) is 0 Å². The van der Waals surface area contributed by atoms with Crippen molar-refractivity contribution in [2.75, 3.05) is 19.8 Å². The molecule has 0 amide bonds. The quantitative estimate of drug-likeness (QED) is 0.611. The van der Waals surface area contributed by atoms with Crippen molar-refractivity contribution in [1.29, 1.82) is 5.26 Å². The van der Waals surface area contributed by atoms with Gasteiger partial charge < -0.3 is 10.5 Å². The van der Waals surface area contributed by atoms with Gasteiger partial charge in [-0.25, -0.2) is 0 Å². The second-order valence-corrected chi connectivity index (χ2v) is 3.50. The fraction of sp³-hybridized carbons (Fsp3) is 0.889. The van der Waals surface area contributed by atoms with Crippen LogP contribution in [0, 0.1) is 16.7 Å². The number of nitrogens with two attached hydrogens (primary N) is 1. The van der Waals surface area contributed by atoms with Crippen molar-refractivity contribution < 1.29 is 4.74 Å². The molecule has 0 unspecified atom stereocenters. The molecule has 0 rings (SSSR count). The Morgan fingerprint density at radius 2 is 2.08 bits per heavy atom. The van der Waals surface area contributed by atoms with E-state index in [1.165, 1.54) is 0 Å². The Balaban J connectivity index is 3.27. The van der Waals surface area contributed by atoms with Gasteiger partial charge in [0.2, 0.25) is 0 Å². The highest BCUT2D eigenvalue weighted by molar-refractivity contribution is 4.91. The van der Waals surface area contributed by atoms with Gasteiger partial charge in [0.1, 0.15) is 0 Å². The molecule has 0 saturated carbocycles. The molecule has 0 radical (unpaired) electrons. The minimum Gasteiger partial charge on any atom is -0.380 e. The van der Waals surface area contributed by atoms with Crippen molar-refractivity contribution in [3.8, 4) is 6.07 Å². The van der Waals surface area contributed by atoms with Crippen LogP contribution in [0.1, 0.15) is 26.7 Å². The third-order valence-electron chi connectivity index (χ3n) is 1.66. The van der Waals surface area contributed by atoms with Crippen LogP contribution in [0.2, 0.25) is 0 Å². The van der Waals surface area contributed by atoms with E-state index in [1.54, 1.807) is 0 Å². The molecule has 3 nitrogen and oxygen atoms in total. The molecule has 0 aromatic heterocycles. The predicted octanol–water partition coefficient (Wildman–Crippen LogP) is 1.29. The molecule has 2 N–H and O–H groups in total. The van der Waals surface area contributed by atoms with Gasteiger partial charge in [-0.1, -0.05) is 0 Å². The summed E-state index contributed by atoms with van der Waals surface area (Å²) in [6, 6.07) is 2.25. The average Bonchev–Trinajstić information content (AvgIpc) is 2.04. The first-order valence-electron chi connectivity index (χ1n) is 4.31. The third kappa shape index (κ3) is 6.14. The molecule has 0 aliphatic rings. The summed E-state index contributed by atoms with van der Waals surface area (Å²) in [5.41, 5.74) is 5.03. The number of hydrogen-bond donors (Lipinski definition) is 1. The number of rotatable bonds is 6. The van der Waals surface area contributed by atoms with Gasteiger partial charge in [0.25, 0.3) is 0 Å². The van der Waals surface area contributed by atoms with Crippen molar-refractivity contribution in [3.05, 3.63) is 0 Å². The lowest BCUT2D eigenvalue weighted by Crippen LogP contribution is -2.12. The van der Waals surface area contributed by atoms with Crippen LogP contribution in [0.4, 0.5) is 0 Å². The average molecular weight is 170 g/mol. The summed E-state index contributed by atoms with van der Waals surface area (Å²) in [6.45, 7) is 5.78. The van der Waals surface area contributed by atoms with E-state index in [0.29, 0.717) is 19.8 Å². The fourth-order valence-electron chi connectivity index (χ4n) is 0.857. The highest BCUT2D eigenvalue weighted by atomic mass is 16.5. The van der Waals surface area contributed by atoms with Gasteiger partial charge in [-0.2, -0.15) is 5.26 Å². The van der Waals surface area contributed by atoms with Gasteiger partial charge in [-0.3, -0.25) is 0 Å². The lowest BCUT2D eigenvalue weighted by molar-refractivity contribution is 0.132. The summed E-state index contributed by atoms with van der Waals surface area (Å²) in [4.78, 5) is 0. The summed E-state index contributed by atoms with van der Waals surface area (Å²) in [7, 11) is 0. The third-order valence-corrected chi connectivity index (χ3v) is 1.66. The molecule has 0 aromatic carbocycles. The number of nitriles is 1. The zero-order chi connectivity index (χ0) is 9.45. The smallest absolute Gasteiger partial charge is 0.0683 e. The Bertz CT molecular complexity index is 149. The highest BCUT2D eigenvalue weighted by Gasteiger charge is 2.15. The molecule has 0 spiro atoms. The van der Waals surface area contributed by atoms with E-state index in [0.717, 1.165) is 12.8 Å². The second-order valence-electron chi connectivity index (χ2n) is 3.50. The highest BCUT2D eigenvalue weighted by Crippen LogP contribution is 2.20. The monoisotopic (exact) mass is 170 g/mol. The summed E-state index contributed by atoms with van der Waals surface area (Å²) in [5, 5.41) is 8.69. The van der Waals surface area contributed by atoms with Gasteiger partial charge in [0.05, 0.1) is 18.1 Å². The van der Waals surface area contributed by atoms with Crippen LogP contribution >= 0.6 is 0 Å². The zero-order valence-electron chi connectivity index (χ0n) is 7.97. The van der Waals surface area contributed by atoms with Crippen molar-refractivity contribution >= 4 is 0 Å². The molecule has 70 valence electrons. The zero-order valence-corrected chi connectivity index (χ0v) is 7.97. The Kier molecular flexibility index (Phi) is 5.69. The normalized spacial score (nSPS) is 11.2. The van der Waals surface area contributed by atoms with E-state index in [9.17, 15) is 0 Å².